The molecule has 1 N–H and O–H groups in total. The number of aromatic nitrogens is 2. The van der Waals surface area contributed by atoms with Gasteiger partial charge in [-0.3, -0.25) is 9.20 Å². The highest BCUT2D eigenvalue weighted by Gasteiger charge is 2.17. The molecule has 0 radical (unpaired) electrons. The molecule has 0 saturated carbocycles. The van der Waals surface area contributed by atoms with Gasteiger partial charge in [0.25, 0.3) is 5.91 Å². The third-order valence-corrected chi connectivity index (χ3v) is 4.11. The van der Waals surface area contributed by atoms with Crippen LogP contribution in [0.2, 0.25) is 0 Å². The highest BCUT2D eigenvalue weighted by molar-refractivity contribution is 8.03. The lowest BCUT2D eigenvalue weighted by atomic mass is 10.2. The molecule has 114 valence electrons. The zero-order chi connectivity index (χ0) is 16.4. The summed E-state index contributed by atoms with van der Waals surface area (Å²) in [6, 6.07) is 11.0. The number of nitriles is 1. The Hall–Kier alpha value is -2.78. The van der Waals surface area contributed by atoms with Gasteiger partial charge in [0.2, 0.25) is 0 Å². The molecule has 3 aromatic rings. The van der Waals surface area contributed by atoms with Gasteiger partial charge in [-0.05, 0) is 61.5 Å². The van der Waals surface area contributed by atoms with Crippen LogP contribution < -0.4 is 5.32 Å². The molecule has 2 heterocycles. The van der Waals surface area contributed by atoms with Crippen LogP contribution in [0.5, 0.6) is 0 Å². The van der Waals surface area contributed by atoms with E-state index < -0.39 is 0 Å². The lowest BCUT2D eigenvalue weighted by molar-refractivity contribution is 0.102. The molecule has 3 rings (SSSR count). The predicted molar refractivity (Wildman–Crippen MR) is 90.5 cm³/mol. The van der Waals surface area contributed by atoms with E-state index in [1.165, 1.54) is 0 Å². The number of thioether (sulfide) groups is 1. The molecule has 0 aliphatic heterocycles. The molecule has 2 aromatic heterocycles. The number of anilines is 1. The van der Waals surface area contributed by atoms with Gasteiger partial charge in [-0.2, -0.15) is 5.26 Å². The first-order valence-corrected chi connectivity index (χ1v) is 7.83. The number of nitrogens with one attached hydrogen (secondary N) is 1. The van der Waals surface area contributed by atoms with Gasteiger partial charge in [-0.25, -0.2) is 4.98 Å². The Kier molecular flexibility index (Phi) is 4.04. The second-order valence-electron chi connectivity index (χ2n) is 5.10. The molecule has 0 fully saturated rings. The van der Waals surface area contributed by atoms with E-state index in [1.54, 1.807) is 28.7 Å². The highest BCUT2D eigenvalue weighted by Crippen LogP contribution is 2.20. The first-order chi connectivity index (χ1) is 11.1. The molecule has 23 heavy (non-hydrogen) atoms. The van der Waals surface area contributed by atoms with E-state index in [4.69, 9.17) is 5.26 Å². The zero-order valence-corrected chi connectivity index (χ0v) is 13.5. The van der Waals surface area contributed by atoms with E-state index in [-0.39, 0.29) is 5.91 Å². The van der Waals surface area contributed by atoms with Crippen molar-refractivity contribution < 1.29 is 4.79 Å². The van der Waals surface area contributed by atoms with Gasteiger partial charge in [0, 0.05) is 16.8 Å². The summed E-state index contributed by atoms with van der Waals surface area (Å²) in [4.78, 5) is 17.9. The Bertz CT molecular complexity index is 922. The molecule has 1 amide bonds. The van der Waals surface area contributed by atoms with Gasteiger partial charge in [0.1, 0.15) is 16.7 Å². The number of thiocyanates is 1. The van der Waals surface area contributed by atoms with Gasteiger partial charge in [-0.1, -0.05) is 6.07 Å². The Morgan fingerprint density at radius 1 is 1.26 bits per heavy atom. The number of imidazole rings is 1. The normalized spacial score (nSPS) is 10.5. The summed E-state index contributed by atoms with van der Waals surface area (Å²) in [6.07, 6.45) is 1.84. The summed E-state index contributed by atoms with van der Waals surface area (Å²) in [5.41, 5.74) is 3.70. The van der Waals surface area contributed by atoms with Crippen molar-refractivity contribution in [2.75, 3.05) is 5.32 Å². The van der Waals surface area contributed by atoms with Crippen LogP contribution in [0.4, 0.5) is 5.69 Å². The Balaban J connectivity index is 1.91. The molecule has 0 spiro atoms. The van der Waals surface area contributed by atoms with Gasteiger partial charge in [0.15, 0.2) is 0 Å². The van der Waals surface area contributed by atoms with E-state index >= 15 is 0 Å². The lowest BCUT2D eigenvalue weighted by Gasteiger charge is -2.07. The molecule has 5 nitrogen and oxygen atoms in total. The first kappa shape index (κ1) is 15.1. The van der Waals surface area contributed by atoms with Crippen LogP contribution in [-0.2, 0) is 0 Å². The van der Waals surface area contributed by atoms with Crippen LogP contribution in [-0.4, -0.2) is 15.3 Å². The molecule has 1 aromatic carbocycles. The van der Waals surface area contributed by atoms with Gasteiger partial charge in [0.05, 0.1) is 5.69 Å². The second kappa shape index (κ2) is 6.15. The van der Waals surface area contributed by atoms with Crippen LogP contribution in [0.25, 0.3) is 5.65 Å². The standard InChI is InChI=1S/C17H14N4OS/c1-11-4-3-9-21-15(12(2)19-16(11)21)17(22)20-13-5-7-14(8-6-13)23-10-18/h3-9H,1-2H3,(H,20,22). The van der Waals surface area contributed by atoms with Crippen molar-refractivity contribution in [1.29, 1.82) is 5.26 Å². The van der Waals surface area contributed by atoms with E-state index in [0.29, 0.717) is 17.1 Å². The third kappa shape index (κ3) is 2.91. The van der Waals surface area contributed by atoms with Crippen molar-refractivity contribution in [3.63, 3.8) is 0 Å². The van der Waals surface area contributed by atoms with Crippen molar-refractivity contribution in [1.82, 2.24) is 9.38 Å². The number of carbonyl (C=O) groups excluding carboxylic acids is 1. The van der Waals surface area contributed by atoms with E-state index in [1.807, 2.05) is 37.6 Å². The lowest BCUT2D eigenvalue weighted by Crippen LogP contribution is -2.15. The fourth-order valence-electron chi connectivity index (χ4n) is 2.44. The second-order valence-corrected chi connectivity index (χ2v) is 5.96. The Morgan fingerprint density at radius 3 is 2.70 bits per heavy atom. The van der Waals surface area contributed by atoms with Gasteiger partial charge >= 0.3 is 0 Å². The number of nitrogens with zero attached hydrogens (tertiary/aromatic N) is 3. The first-order valence-electron chi connectivity index (χ1n) is 7.02. The SMILES string of the molecule is Cc1nc2c(C)cccn2c1C(=O)Nc1ccc(SC#N)cc1. The Labute approximate surface area is 138 Å². The molecular formula is C17H14N4OS. The predicted octanol–water partition coefficient (Wildman–Crippen LogP) is 3.78. The third-order valence-electron chi connectivity index (χ3n) is 3.51. The monoisotopic (exact) mass is 322 g/mol. The number of rotatable bonds is 3. The van der Waals surface area contributed by atoms with Crippen molar-refractivity contribution in [3.05, 3.63) is 59.5 Å². The van der Waals surface area contributed by atoms with Crippen molar-refractivity contribution in [2.45, 2.75) is 18.7 Å². The number of hydrogen-bond acceptors (Lipinski definition) is 4. The molecule has 0 saturated heterocycles. The summed E-state index contributed by atoms with van der Waals surface area (Å²) in [5, 5.41) is 13.5. The maximum absolute atomic E-state index is 12.6. The van der Waals surface area contributed by atoms with Crippen LogP contribution >= 0.6 is 11.8 Å². The number of fused-ring (bicyclic) bond motifs is 1. The molecule has 0 aliphatic carbocycles. The molecular weight excluding hydrogens is 308 g/mol. The maximum Gasteiger partial charge on any atom is 0.274 e. The largest absolute Gasteiger partial charge is 0.321 e. The minimum atomic E-state index is -0.207. The number of pyridine rings is 1. The van der Waals surface area contributed by atoms with Crippen molar-refractivity contribution >= 4 is 29.0 Å². The summed E-state index contributed by atoms with van der Waals surface area (Å²) < 4.78 is 1.81. The average Bonchev–Trinajstić information content (AvgIpc) is 2.87. The summed E-state index contributed by atoms with van der Waals surface area (Å²) in [5.74, 6) is -0.207. The summed E-state index contributed by atoms with van der Waals surface area (Å²) in [7, 11) is 0. The average molecular weight is 322 g/mol. The zero-order valence-electron chi connectivity index (χ0n) is 12.7. The summed E-state index contributed by atoms with van der Waals surface area (Å²) >= 11 is 1.09. The highest BCUT2D eigenvalue weighted by atomic mass is 32.2. The minimum absolute atomic E-state index is 0.207. The fraction of sp³-hybridized carbons (Fsp3) is 0.118. The summed E-state index contributed by atoms with van der Waals surface area (Å²) in [6.45, 7) is 3.79. The number of aryl methyl sites for hydroxylation is 2. The van der Waals surface area contributed by atoms with Crippen molar-refractivity contribution in [3.8, 4) is 5.40 Å². The molecule has 0 atom stereocenters. The quantitative estimate of drug-likeness (QED) is 0.588. The van der Waals surface area contributed by atoms with E-state index in [9.17, 15) is 4.79 Å². The Morgan fingerprint density at radius 2 is 2.00 bits per heavy atom. The number of benzene rings is 1. The van der Waals surface area contributed by atoms with Crippen LogP contribution in [0.3, 0.4) is 0 Å². The molecule has 0 unspecified atom stereocenters. The topological polar surface area (TPSA) is 70.2 Å². The van der Waals surface area contributed by atoms with Crippen LogP contribution in [0.15, 0.2) is 47.5 Å². The van der Waals surface area contributed by atoms with Gasteiger partial charge in [-0.15, -0.1) is 0 Å². The smallest absolute Gasteiger partial charge is 0.274 e. The fourth-order valence-corrected chi connectivity index (χ4v) is 2.82. The minimum Gasteiger partial charge on any atom is -0.321 e. The van der Waals surface area contributed by atoms with Crippen molar-refractivity contribution in [2.24, 2.45) is 0 Å². The number of carbonyl (C=O) groups is 1. The molecule has 0 bridgehead atoms. The maximum atomic E-state index is 12.6. The van der Waals surface area contributed by atoms with Crippen LogP contribution in [0, 0.1) is 24.5 Å². The van der Waals surface area contributed by atoms with Gasteiger partial charge < -0.3 is 5.32 Å². The number of hydrogen-bond donors (Lipinski definition) is 1. The number of amides is 1. The molecule has 6 heteroatoms. The molecule has 0 aliphatic rings. The van der Waals surface area contributed by atoms with E-state index in [2.05, 4.69) is 10.3 Å². The van der Waals surface area contributed by atoms with Crippen LogP contribution in [0.1, 0.15) is 21.7 Å². The van der Waals surface area contributed by atoms with E-state index in [0.717, 1.165) is 27.9 Å².